The van der Waals surface area contributed by atoms with Crippen molar-refractivity contribution in [1.29, 1.82) is 0 Å². The van der Waals surface area contributed by atoms with E-state index in [1.165, 1.54) is 25.3 Å². The number of sulfonamides is 1. The number of carbonyl (C=O) groups is 1. The maximum atomic E-state index is 13.1. The summed E-state index contributed by atoms with van der Waals surface area (Å²) >= 11 is 0. The first-order valence-corrected chi connectivity index (χ1v) is 8.39. The Balaban J connectivity index is 1.91. The second-order valence-corrected chi connectivity index (χ2v) is 6.89. The minimum atomic E-state index is -3.85. The number of fused-ring (bicyclic) bond motifs is 1. The van der Waals surface area contributed by atoms with Gasteiger partial charge in [0.15, 0.2) is 0 Å². The molecule has 0 saturated heterocycles. The number of hydrogen-bond donors (Lipinski definition) is 1. The molecule has 0 aliphatic carbocycles. The maximum Gasteiger partial charge on any atom is 0.261 e. The smallest absolute Gasteiger partial charge is 0.261 e. The number of anilines is 2. The Labute approximate surface area is 133 Å². The van der Waals surface area contributed by atoms with E-state index >= 15 is 0 Å². The van der Waals surface area contributed by atoms with Gasteiger partial charge in [0.2, 0.25) is 5.91 Å². The number of pyridine rings is 1. The highest BCUT2D eigenvalue weighted by Crippen LogP contribution is 2.30. The van der Waals surface area contributed by atoms with Crippen molar-refractivity contribution in [3.8, 4) is 0 Å². The van der Waals surface area contributed by atoms with Gasteiger partial charge in [0.25, 0.3) is 10.0 Å². The summed E-state index contributed by atoms with van der Waals surface area (Å²) in [6, 6.07) is 5.63. The number of nitrogens with zero attached hydrogens (tertiary/aromatic N) is 2. The van der Waals surface area contributed by atoms with Crippen molar-refractivity contribution in [2.45, 2.75) is 18.2 Å². The van der Waals surface area contributed by atoms with Gasteiger partial charge in [0.1, 0.15) is 5.82 Å². The number of amides is 1. The zero-order valence-electron chi connectivity index (χ0n) is 12.3. The molecule has 0 atom stereocenters. The van der Waals surface area contributed by atoms with E-state index < -0.39 is 15.8 Å². The molecule has 1 N–H and O–H groups in total. The molecule has 6 nitrogen and oxygen atoms in total. The number of nitrogens with one attached hydrogen (secondary N) is 1. The molecule has 23 heavy (non-hydrogen) atoms. The van der Waals surface area contributed by atoms with Gasteiger partial charge in [-0.2, -0.15) is 0 Å². The van der Waals surface area contributed by atoms with Crippen LogP contribution in [0.2, 0.25) is 0 Å². The lowest BCUT2D eigenvalue weighted by molar-refractivity contribution is -0.116. The molecule has 1 aliphatic heterocycles. The SMILES string of the molecule is CC(=O)N1CCc2cc(S(=O)(=O)Nc3cncc(F)c3)ccc21. The van der Waals surface area contributed by atoms with Crippen LogP contribution in [0.3, 0.4) is 0 Å². The molecule has 1 aliphatic rings. The Morgan fingerprint density at radius 3 is 2.78 bits per heavy atom. The largest absolute Gasteiger partial charge is 0.312 e. The molecule has 1 amide bonds. The minimum Gasteiger partial charge on any atom is -0.312 e. The average molecular weight is 335 g/mol. The molecular weight excluding hydrogens is 321 g/mol. The molecular formula is C15H14FN3O3S. The van der Waals surface area contributed by atoms with Gasteiger partial charge < -0.3 is 4.90 Å². The van der Waals surface area contributed by atoms with Crippen LogP contribution < -0.4 is 9.62 Å². The van der Waals surface area contributed by atoms with Gasteiger partial charge in [-0.3, -0.25) is 14.5 Å². The van der Waals surface area contributed by atoms with Crippen LogP contribution in [0.15, 0.2) is 41.6 Å². The van der Waals surface area contributed by atoms with E-state index in [0.717, 1.165) is 23.5 Å². The Hall–Kier alpha value is -2.48. The Bertz CT molecular complexity index is 883. The molecule has 8 heteroatoms. The van der Waals surface area contributed by atoms with Crippen LogP contribution in [0.5, 0.6) is 0 Å². The fourth-order valence-corrected chi connectivity index (χ4v) is 3.64. The molecule has 3 rings (SSSR count). The second-order valence-electron chi connectivity index (χ2n) is 5.21. The fraction of sp³-hybridized carbons (Fsp3) is 0.200. The Kier molecular flexibility index (Phi) is 3.77. The van der Waals surface area contributed by atoms with E-state index in [0.29, 0.717) is 13.0 Å². The van der Waals surface area contributed by atoms with Crippen molar-refractivity contribution in [3.05, 3.63) is 48.0 Å². The van der Waals surface area contributed by atoms with Crippen molar-refractivity contribution >= 4 is 27.3 Å². The fourth-order valence-electron chi connectivity index (χ4n) is 2.55. The van der Waals surface area contributed by atoms with E-state index in [1.54, 1.807) is 11.0 Å². The summed E-state index contributed by atoms with van der Waals surface area (Å²) in [4.78, 5) is 16.8. The summed E-state index contributed by atoms with van der Waals surface area (Å²) in [5.41, 5.74) is 1.57. The first-order chi connectivity index (χ1) is 10.9. The summed E-state index contributed by atoms with van der Waals surface area (Å²) < 4.78 is 40.2. The molecule has 1 aromatic heterocycles. The van der Waals surface area contributed by atoms with Crippen LogP contribution in [-0.4, -0.2) is 25.9 Å². The highest BCUT2D eigenvalue weighted by molar-refractivity contribution is 7.92. The summed E-state index contributed by atoms with van der Waals surface area (Å²) in [5, 5.41) is 0. The first kappa shape index (κ1) is 15.4. The van der Waals surface area contributed by atoms with E-state index in [9.17, 15) is 17.6 Å². The number of halogens is 1. The van der Waals surface area contributed by atoms with Crippen molar-refractivity contribution in [2.75, 3.05) is 16.2 Å². The van der Waals surface area contributed by atoms with E-state index in [1.807, 2.05) is 0 Å². The molecule has 0 saturated carbocycles. The lowest BCUT2D eigenvalue weighted by atomic mass is 10.2. The van der Waals surface area contributed by atoms with Gasteiger partial charge in [-0.25, -0.2) is 12.8 Å². The molecule has 2 aromatic rings. The molecule has 0 fully saturated rings. The predicted molar refractivity (Wildman–Crippen MR) is 83.2 cm³/mol. The molecule has 1 aromatic carbocycles. The van der Waals surface area contributed by atoms with Gasteiger partial charge in [-0.15, -0.1) is 0 Å². The highest BCUT2D eigenvalue weighted by atomic mass is 32.2. The predicted octanol–water partition coefficient (Wildman–Crippen LogP) is 1.93. The summed E-state index contributed by atoms with van der Waals surface area (Å²) in [6.07, 6.45) is 2.81. The van der Waals surface area contributed by atoms with Crippen molar-refractivity contribution in [2.24, 2.45) is 0 Å². The standard InChI is InChI=1S/C15H14FN3O3S/c1-10(20)19-5-4-11-6-14(2-3-15(11)19)23(21,22)18-13-7-12(16)8-17-9-13/h2-3,6-9,18H,4-5H2,1H3. The lowest BCUT2D eigenvalue weighted by Crippen LogP contribution is -2.25. The van der Waals surface area contributed by atoms with Gasteiger partial charge in [-0.1, -0.05) is 0 Å². The van der Waals surface area contributed by atoms with Crippen LogP contribution in [0.25, 0.3) is 0 Å². The van der Waals surface area contributed by atoms with Crippen LogP contribution >= 0.6 is 0 Å². The van der Waals surface area contributed by atoms with Gasteiger partial charge in [0.05, 0.1) is 23.0 Å². The Morgan fingerprint density at radius 2 is 2.09 bits per heavy atom. The van der Waals surface area contributed by atoms with Crippen LogP contribution in [0.1, 0.15) is 12.5 Å². The van der Waals surface area contributed by atoms with Crippen molar-refractivity contribution in [1.82, 2.24) is 4.98 Å². The summed E-state index contributed by atoms with van der Waals surface area (Å²) in [5.74, 6) is -0.709. The highest BCUT2D eigenvalue weighted by Gasteiger charge is 2.24. The number of carbonyl (C=O) groups excluding carboxylic acids is 1. The average Bonchev–Trinajstić information content (AvgIpc) is 2.89. The minimum absolute atomic E-state index is 0.0517. The molecule has 0 unspecified atom stereocenters. The van der Waals surface area contributed by atoms with E-state index in [4.69, 9.17) is 0 Å². The van der Waals surface area contributed by atoms with E-state index in [2.05, 4.69) is 9.71 Å². The van der Waals surface area contributed by atoms with Gasteiger partial charge in [-0.05, 0) is 30.2 Å². The molecule has 2 heterocycles. The molecule has 0 bridgehead atoms. The third-order valence-corrected chi connectivity index (χ3v) is 4.97. The second kappa shape index (κ2) is 5.62. The zero-order chi connectivity index (χ0) is 16.6. The lowest BCUT2D eigenvalue weighted by Gasteiger charge is -2.15. The maximum absolute atomic E-state index is 13.1. The first-order valence-electron chi connectivity index (χ1n) is 6.91. The monoisotopic (exact) mass is 335 g/mol. The number of aromatic nitrogens is 1. The molecule has 0 radical (unpaired) electrons. The van der Waals surface area contributed by atoms with Gasteiger partial charge >= 0.3 is 0 Å². The molecule has 120 valence electrons. The Morgan fingerprint density at radius 1 is 1.30 bits per heavy atom. The number of hydrogen-bond acceptors (Lipinski definition) is 4. The van der Waals surface area contributed by atoms with Crippen LogP contribution in [0, 0.1) is 5.82 Å². The summed E-state index contributed by atoms with van der Waals surface area (Å²) in [7, 11) is -3.85. The number of benzene rings is 1. The normalized spacial score (nSPS) is 13.7. The van der Waals surface area contributed by atoms with Gasteiger partial charge in [0, 0.05) is 25.2 Å². The topological polar surface area (TPSA) is 79.4 Å². The zero-order valence-corrected chi connectivity index (χ0v) is 13.1. The van der Waals surface area contributed by atoms with E-state index in [-0.39, 0.29) is 16.5 Å². The van der Waals surface area contributed by atoms with Crippen molar-refractivity contribution < 1.29 is 17.6 Å². The third-order valence-electron chi connectivity index (χ3n) is 3.59. The molecule has 0 spiro atoms. The number of rotatable bonds is 3. The third kappa shape index (κ3) is 3.02. The van der Waals surface area contributed by atoms with Crippen LogP contribution in [-0.2, 0) is 21.2 Å². The quantitative estimate of drug-likeness (QED) is 0.929. The van der Waals surface area contributed by atoms with Crippen molar-refractivity contribution in [3.63, 3.8) is 0 Å². The summed E-state index contributed by atoms with van der Waals surface area (Å²) in [6.45, 7) is 2.01. The van der Waals surface area contributed by atoms with Crippen LogP contribution in [0.4, 0.5) is 15.8 Å².